The van der Waals surface area contributed by atoms with Crippen molar-refractivity contribution in [1.82, 2.24) is 15.0 Å². The Labute approximate surface area is 89.8 Å². The number of hydrogen-bond acceptors (Lipinski definition) is 4. The van der Waals surface area contributed by atoms with Crippen molar-refractivity contribution in [1.29, 1.82) is 0 Å². The summed E-state index contributed by atoms with van der Waals surface area (Å²) in [4.78, 5) is 0. The molecule has 1 N–H and O–H groups in total. The summed E-state index contributed by atoms with van der Waals surface area (Å²) in [7, 11) is 1.34. The molecule has 0 aromatic carbocycles. The Morgan fingerprint density at radius 1 is 1.50 bits per heavy atom. The van der Waals surface area contributed by atoms with E-state index in [1.165, 1.54) is 7.11 Å². The molecule has 1 unspecified atom stereocenters. The van der Waals surface area contributed by atoms with Gasteiger partial charge in [0.2, 0.25) is 0 Å². The fourth-order valence-corrected chi connectivity index (χ4v) is 1.21. The topological polar surface area (TPSA) is 60.2 Å². The fraction of sp³-hybridized carbons (Fsp3) is 0.750. The lowest BCUT2D eigenvalue weighted by Gasteiger charge is -2.17. The average molecular weight is 239 g/mol. The largest absolute Gasteiger partial charge is 0.410 e. The molecule has 1 heterocycles. The molecule has 8 heteroatoms. The molecule has 0 radical (unpaired) electrons. The summed E-state index contributed by atoms with van der Waals surface area (Å²) in [6, 6.07) is -1.80. The van der Waals surface area contributed by atoms with Crippen molar-refractivity contribution in [3.63, 3.8) is 0 Å². The van der Waals surface area contributed by atoms with Crippen molar-refractivity contribution in [2.45, 2.75) is 32.4 Å². The van der Waals surface area contributed by atoms with Crippen LogP contribution in [0.15, 0.2) is 0 Å². The lowest BCUT2D eigenvalue weighted by Crippen LogP contribution is -2.26. The predicted octanol–water partition coefficient (Wildman–Crippen LogP) is 1.04. The van der Waals surface area contributed by atoms with Crippen LogP contribution in [0.2, 0.25) is 0 Å². The van der Waals surface area contributed by atoms with Gasteiger partial charge in [0.1, 0.15) is 11.7 Å². The molecule has 0 spiro atoms. The van der Waals surface area contributed by atoms with Crippen molar-refractivity contribution in [3.05, 3.63) is 11.4 Å². The van der Waals surface area contributed by atoms with Crippen LogP contribution in [0.5, 0.6) is 0 Å². The van der Waals surface area contributed by atoms with Crippen molar-refractivity contribution in [3.8, 4) is 0 Å². The molecule has 0 amide bonds. The SMILES string of the molecule is COCc1c(CO)nnn1C(C)C(F)(F)F. The number of aromatic nitrogens is 3. The Morgan fingerprint density at radius 2 is 2.12 bits per heavy atom. The minimum Gasteiger partial charge on any atom is -0.390 e. The minimum absolute atomic E-state index is 0.0800. The molecule has 0 aliphatic rings. The number of methoxy groups -OCH3 is 1. The van der Waals surface area contributed by atoms with Crippen LogP contribution in [-0.2, 0) is 18.0 Å². The second kappa shape index (κ2) is 4.79. The van der Waals surface area contributed by atoms with Gasteiger partial charge in [-0.2, -0.15) is 13.2 Å². The molecular formula is C8H12F3N3O2. The molecule has 0 bridgehead atoms. The third kappa shape index (κ3) is 2.50. The van der Waals surface area contributed by atoms with Crippen LogP contribution in [0.4, 0.5) is 13.2 Å². The summed E-state index contributed by atoms with van der Waals surface area (Å²) in [6.07, 6.45) is -4.41. The number of halogens is 3. The van der Waals surface area contributed by atoms with E-state index in [1.807, 2.05) is 0 Å². The van der Waals surface area contributed by atoms with Crippen LogP contribution in [0, 0.1) is 0 Å². The van der Waals surface area contributed by atoms with Crippen molar-refractivity contribution >= 4 is 0 Å². The van der Waals surface area contributed by atoms with Crippen LogP contribution < -0.4 is 0 Å². The summed E-state index contributed by atoms with van der Waals surface area (Å²) in [5, 5.41) is 15.7. The average Bonchev–Trinajstić information content (AvgIpc) is 2.59. The number of hydrogen-bond donors (Lipinski definition) is 1. The molecule has 92 valence electrons. The van der Waals surface area contributed by atoms with Crippen LogP contribution in [0.25, 0.3) is 0 Å². The first-order valence-electron chi connectivity index (χ1n) is 4.51. The first kappa shape index (κ1) is 12.9. The van der Waals surface area contributed by atoms with Gasteiger partial charge in [-0.15, -0.1) is 5.10 Å². The summed E-state index contributed by atoms with van der Waals surface area (Å²) in [5.74, 6) is 0. The lowest BCUT2D eigenvalue weighted by atomic mass is 10.3. The highest BCUT2D eigenvalue weighted by Gasteiger charge is 2.39. The van der Waals surface area contributed by atoms with Crippen LogP contribution >= 0.6 is 0 Å². The van der Waals surface area contributed by atoms with E-state index in [0.717, 1.165) is 11.6 Å². The molecule has 1 aromatic heterocycles. The molecule has 0 fully saturated rings. The van der Waals surface area contributed by atoms with E-state index in [4.69, 9.17) is 9.84 Å². The Bertz CT molecular complexity index is 351. The summed E-state index contributed by atoms with van der Waals surface area (Å²) < 4.78 is 42.9. The number of aliphatic hydroxyl groups is 1. The number of nitrogens with zero attached hydrogens (tertiary/aromatic N) is 3. The van der Waals surface area contributed by atoms with Gasteiger partial charge >= 0.3 is 6.18 Å². The number of ether oxygens (including phenoxy) is 1. The van der Waals surface area contributed by atoms with E-state index in [0.29, 0.717) is 0 Å². The standard InChI is InChI=1S/C8H12F3N3O2/c1-5(8(9,10)11)14-7(4-16-2)6(3-15)12-13-14/h5,15H,3-4H2,1-2H3. The zero-order valence-corrected chi connectivity index (χ0v) is 8.82. The van der Waals surface area contributed by atoms with E-state index in [-0.39, 0.29) is 18.0 Å². The molecule has 1 atom stereocenters. The Kier molecular flexibility index (Phi) is 3.87. The predicted molar refractivity (Wildman–Crippen MR) is 47.4 cm³/mol. The van der Waals surface area contributed by atoms with Gasteiger partial charge in [-0.05, 0) is 6.92 Å². The Hall–Kier alpha value is -1.15. The maximum atomic E-state index is 12.5. The van der Waals surface area contributed by atoms with E-state index in [1.54, 1.807) is 0 Å². The van der Waals surface area contributed by atoms with Crippen LogP contribution in [0.3, 0.4) is 0 Å². The first-order chi connectivity index (χ1) is 7.41. The van der Waals surface area contributed by atoms with Gasteiger partial charge in [0.15, 0.2) is 0 Å². The zero-order valence-electron chi connectivity index (χ0n) is 8.82. The second-order valence-electron chi connectivity index (χ2n) is 3.24. The molecule has 0 aliphatic carbocycles. The summed E-state index contributed by atoms with van der Waals surface area (Å²) in [6.45, 7) is 0.418. The Morgan fingerprint density at radius 3 is 2.56 bits per heavy atom. The van der Waals surface area contributed by atoms with Crippen molar-refractivity contribution in [2.75, 3.05) is 7.11 Å². The normalized spacial score (nSPS) is 14.1. The summed E-state index contributed by atoms with van der Waals surface area (Å²) >= 11 is 0. The monoisotopic (exact) mass is 239 g/mol. The highest BCUT2D eigenvalue weighted by molar-refractivity contribution is 5.09. The van der Waals surface area contributed by atoms with Gasteiger partial charge in [-0.1, -0.05) is 5.21 Å². The Balaban J connectivity index is 3.08. The molecule has 16 heavy (non-hydrogen) atoms. The van der Waals surface area contributed by atoms with Gasteiger partial charge in [0, 0.05) is 7.11 Å². The minimum atomic E-state index is -4.41. The number of rotatable bonds is 4. The zero-order chi connectivity index (χ0) is 12.3. The second-order valence-corrected chi connectivity index (χ2v) is 3.24. The van der Waals surface area contributed by atoms with E-state index in [9.17, 15) is 13.2 Å². The lowest BCUT2D eigenvalue weighted by molar-refractivity contribution is -0.166. The van der Waals surface area contributed by atoms with E-state index < -0.39 is 18.8 Å². The number of aliphatic hydroxyl groups excluding tert-OH is 1. The third-order valence-electron chi connectivity index (χ3n) is 2.14. The molecule has 1 rings (SSSR count). The molecule has 0 saturated carbocycles. The highest BCUT2D eigenvalue weighted by atomic mass is 19.4. The first-order valence-corrected chi connectivity index (χ1v) is 4.51. The van der Waals surface area contributed by atoms with Crippen LogP contribution in [-0.4, -0.2) is 33.4 Å². The van der Waals surface area contributed by atoms with Gasteiger partial charge in [0.05, 0.1) is 18.9 Å². The maximum Gasteiger partial charge on any atom is 0.410 e. The van der Waals surface area contributed by atoms with Crippen molar-refractivity contribution in [2.24, 2.45) is 0 Å². The van der Waals surface area contributed by atoms with E-state index >= 15 is 0 Å². The summed E-state index contributed by atoms with van der Waals surface area (Å²) in [5.41, 5.74) is 0.229. The molecule has 0 saturated heterocycles. The van der Waals surface area contributed by atoms with Gasteiger partial charge in [-0.25, -0.2) is 4.68 Å². The van der Waals surface area contributed by atoms with Gasteiger partial charge < -0.3 is 9.84 Å². The van der Waals surface area contributed by atoms with E-state index in [2.05, 4.69) is 10.3 Å². The van der Waals surface area contributed by atoms with Crippen LogP contribution in [0.1, 0.15) is 24.4 Å². The fourth-order valence-electron chi connectivity index (χ4n) is 1.21. The molecule has 1 aromatic rings. The number of alkyl halides is 3. The quantitative estimate of drug-likeness (QED) is 0.852. The molecule has 5 nitrogen and oxygen atoms in total. The smallest absolute Gasteiger partial charge is 0.390 e. The molecular weight excluding hydrogens is 227 g/mol. The van der Waals surface area contributed by atoms with Gasteiger partial charge in [-0.3, -0.25) is 0 Å². The van der Waals surface area contributed by atoms with Crippen molar-refractivity contribution < 1.29 is 23.0 Å². The molecule has 0 aliphatic heterocycles. The third-order valence-corrected chi connectivity index (χ3v) is 2.14. The van der Waals surface area contributed by atoms with Gasteiger partial charge in [0.25, 0.3) is 0 Å². The highest BCUT2D eigenvalue weighted by Crippen LogP contribution is 2.30. The maximum absolute atomic E-state index is 12.5.